The lowest BCUT2D eigenvalue weighted by atomic mass is 10.1. The summed E-state index contributed by atoms with van der Waals surface area (Å²) in [5, 5.41) is 0.631. The first kappa shape index (κ1) is 12.3. The van der Waals surface area contributed by atoms with Crippen molar-refractivity contribution in [1.29, 1.82) is 0 Å². The van der Waals surface area contributed by atoms with Gasteiger partial charge in [-0.15, -0.1) is 11.6 Å². The van der Waals surface area contributed by atoms with Gasteiger partial charge in [-0.3, -0.25) is 4.72 Å². The van der Waals surface area contributed by atoms with E-state index >= 15 is 0 Å². The standard InChI is InChI=1S/C13H18ClNS/c1-9(2)16-15-13-6-4-11-7-10(8-14)3-5-12(11)13/h3,5,7,9,13,15H,4,6,8H2,1-2H3. The second-order valence-electron chi connectivity index (χ2n) is 4.54. The van der Waals surface area contributed by atoms with Gasteiger partial charge >= 0.3 is 0 Å². The smallest absolute Gasteiger partial charge is 0.0474 e. The number of hydrogen-bond acceptors (Lipinski definition) is 2. The molecular formula is C13H18ClNS. The molecule has 1 atom stereocenters. The Labute approximate surface area is 107 Å². The average molecular weight is 256 g/mol. The summed E-state index contributed by atoms with van der Waals surface area (Å²) in [5.41, 5.74) is 4.17. The number of fused-ring (bicyclic) bond motifs is 1. The van der Waals surface area contributed by atoms with Crippen LogP contribution in [0.25, 0.3) is 0 Å². The summed E-state index contributed by atoms with van der Waals surface area (Å²) in [7, 11) is 0. The lowest BCUT2D eigenvalue weighted by Gasteiger charge is -2.15. The topological polar surface area (TPSA) is 12.0 Å². The molecule has 1 aromatic rings. The predicted molar refractivity (Wildman–Crippen MR) is 72.9 cm³/mol. The molecule has 1 aliphatic carbocycles. The van der Waals surface area contributed by atoms with Gasteiger partial charge < -0.3 is 0 Å². The third-order valence-corrected chi connectivity index (χ3v) is 4.09. The Morgan fingerprint density at radius 1 is 1.50 bits per heavy atom. The van der Waals surface area contributed by atoms with Gasteiger partial charge in [-0.2, -0.15) is 0 Å². The fourth-order valence-corrected chi connectivity index (χ4v) is 2.94. The molecule has 0 aliphatic heterocycles. The molecule has 2 rings (SSSR count). The maximum atomic E-state index is 5.85. The molecule has 0 fully saturated rings. The van der Waals surface area contributed by atoms with Crippen LogP contribution in [0.15, 0.2) is 18.2 Å². The molecule has 1 aliphatic rings. The Hall–Kier alpha value is -0.180. The van der Waals surface area contributed by atoms with E-state index in [-0.39, 0.29) is 0 Å². The van der Waals surface area contributed by atoms with E-state index in [1.54, 1.807) is 0 Å². The van der Waals surface area contributed by atoms with Crippen LogP contribution in [0.2, 0.25) is 0 Å². The number of aryl methyl sites for hydroxylation is 1. The van der Waals surface area contributed by atoms with Crippen molar-refractivity contribution in [2.45, 2.75) is 43.9 Å². The highest BCUT2D eigenvalue weighted by Gasteiger charge is 2.22. The molecular weight excluding hydrogens is 238 g/mol. The minimum Gasteiger partial charge on any atom is -0.256 e. The maximum absolute atomic E-state index is 5.85. The summed E-state index contributed by atoms with van der Waals surface area (Å²) in [5.74, 6) is 0.617. The first-order valence-electron chi connectivity index (χ1n) is 5.79. The van der Waals surface area contributed by atoms with Crippen molar-refractivity contribution in [1.82, 2.24) is 4.72 Å². The van der Waals surface area contributed by atoms with Crippen molar-refractivity contribution in [3.8, 4) is 0 Å². The van der Waals surface area contributed by atoms with Crippen molar-refractivity contribution in [2.24, 2.45) is 0 Å². The Morgan fingerprint density at radius 2 is 2.31 bits per heavy atom. The molecule has 0 radical (unpaired) electrons. The van der Waals surface area contributed by atoms with Gasteiger partial charge in [0.15, 0.2) is 0 Å². The van der Waals surface area contributed by atoms with E-state index in [4.69, 9.17) is 11.6 Å². The molecule has 0 amide bonds. The van der Waals surface area contributed by atoms with E-state index < -0.39 is 0 Å². The zero-order valence-corrected chi connectivity index (χ0v) is 11.4. The van der Waals surface area contributed by atoms with Crippen molar-refractivity contribution in [3.63, 3.8) is 0 Å². The molecule has 1 nitrogen and oxygen atoms in total. The first-order chi connectivity index (χ1) is 7.70. The second-order valence-corrected chi connectivity index (χ2v) is 6.22. The van der Waals surface area contributed by atoms with E-state index in [1.807, 2.05) is 11.9 Å². The van der Waals surface area contributed by atoms with Crippen LogP contribution in [0, 0.1) is 0 Å². The van der Waals surface area contributed by atoms with Crippen molar-refractivity contribution in [2.75, 3.05) is 0 Å². The summed E-state index contributed by atoms with van der Waals surface area (Å²) in [4.78, 5) is 0. The highest BCUT2D eigenvalue weighted by molar-refractivity contribution is 7.97. The molecule has 1 aromatic carbocycles. The van der Waals surface area contributed by atoms with Gasteiger partial charge in [0.05, 0.1) is 0 Å². The lowest BCUT2D eigenvalue weighted by Crippen LogP contribution is -2.13. The summed E-state index contributed by atoms with van der Waals surface area (Å²) >= 11 is 7.67. The largest absolute Gasteiger partial charge is 0.256 e. The summed E-state index contributed by atoms with van der Waals surface area (Å²) < 4.78 is 3.56. The molecule has 1 N–H and O–H groups in total. The third-order valence-electron chi connectivity index (χ3n) is 2.89. The lowest BCUT2D eigenvalue weighted by molar-refractivity contribution is 0.665. The highest BCUT2D eigenvalue weighted by atomic mass is 35.5. The first-order valence-corrected chi connectivity index (χ1v) is 7.21. The zero-order valence-electron chi connectivity index (χ0n) is 9.79. The molecule has 0 bridgehead atoms. The number of alkyl halides is 1. The van der Waals surface area contributed by atoms with E-state index in [9.17, 15) is 0 Å². The molecule has 0 saturated carbocycles. The van der Waals surface area contributed by atoms with E-state index in [0.29, 0.717) is 17.2 Å². The van der Waals surface area contributed by atoms with Crippen molar-refractivity contribution >= 4 is 23.5 Å². The third kappa shape index (κ3) is 2.73. The van der Waals surface area contributed by atoms with Crippen LogP contribution < -0.4 is 4.72 Å². The van der Waals surface area contributed by atoms with Gasteiger partial charge in [-0.1, -0.05) is 44.0 Å². The van der Waals surface area contributed by atoms with Gasteiger partial charge in [-0.25, -0.2) is 0 Å². The van der Waals surface area contributed by atoms with Gasteiger partial charge in [-0.05, 0) is 29.5 Å². The molecule has 0 saturated heterocycles. The molecule has 16 heavy (non-hydrogen) atoms. The van der Waals surface area contributed by atoms with Crippen LogP contribution in [0.1, 0.15) is 43.0 Å². The van der Waals surface area contributed by atoms with Crippen molar-refractivity contribution < 1.29 is 0 Å². The van der Waals surface area contributed by atoms with Gasteiger partial charge in [0.25, 0.3) is 0 Å². The number of hydrogen-bond donors (Lipinski definition) is 1. The zero-order chi connectivity index (χ0) is 11.5. The summed E-state index contributed by atoms with van der Waals surface area (Å²) in [6.45, 7) is 4.42. The summed E-state index contributed by atoms with van der Waals surface area (Å²) in [6.07, 6.45) is 2.39. The van der Waals surface area contributed by atoms with Gasteiger partial charge in [0.2, 0.25) is 0 Å². The van der Waals surface area contributed by atoms with Crippen LogP contribution in [0.4, 0.5) is 0 Å². The Bertz CT molecular complexity index is 365. The Balaban J connectivity index is 2.08. The van der Waals surface area contributed by atoms with Crippen LogP contribution in [0.3, 0.4) is 0 Å². The number of nitrogens with one attached hydrogen (secondary N) is 1. The van der Waals surface area contributed by atoms with Gasteiger partial charge in [0, 0.05) is 17.2 Å². The fraction of sp³-hybridized carbons (Fsp3) is 0.538. The van der Waals surface area contributed by atoms with E-state index in [0.717, 1.165) is 0 Å². The number of rotatable bonds is 4. The van der Waals surface area contributed by atoms with Crippen molar-refractivity contribution in [3.05, 3.63) is 34.9 Å². The molecule has 88 valence electrons. The fourth-order valence-electron chi connectivity index (χ4n) is 2.09. The second kappa shape index (κ2) is 5.44. The molecule has 0 aromatic heterocycles. The maximum Gasteiger partial charge on any atom is 0.0474 e. The molecule has 0 spiro atoms. The van der Waals surface area contributed by atoms with Crippen LogP contribution in [-0.2, 0) is 12.3 Å². The summed E-state index contributed by atoms with van der Waals surface area (Å²) in [6, 6.07) is 7.15. The van der Waals surface area contributed by atoms with Crippen LogP contribution >= 0.6 is 23.5 Å². The predicted octanol–water partition coefficient (Wildman–Crippen LogP) is 4.06. The normalized spacial score (nSPS) is 19.1. The van der Waals surface area contributed by atoms with Crippen LogP contribution in [-0.4, -0.2) is 5.25 Å². The number of benzene rings is 1. The quantitative estimate of drug-likeness (QED) is 0.643. The highest BCUT2D eigenvalue weighted by Crippen LogP contribution is 2.33. The SMILES string of the molecule is CC(C)SNC1CCc2cc(CCl)ccc21. The monoisotopic (exact) mass is 255 g/mol. The Morgan fingerprint density at radius 3 is 3.00 bits per heavy atom. The molecule has 1 unspecified atom stereocenters. The minimum atomic E-state index is 0.520. The molecule has 3 heteroatoms. The molecule has 0 heterocycles. The minimum absolute atomic E-state index is 0.520. The van der Waals surface area contributed by atoms with Crippen LogP contribution in [0.5, 0.6) is 0 Å². The van der Waals surface area contributed by atoms with E-state index in [1.165, 1.54) is 29.5 Å². The van der Waals surface area contributed by atoms with Gasteiger partial charge in [0.1, 0.15) is 0 Å². The average Bonchev–Trinajstić information content (AvgIpc) is 2.68. The Kier molecular flexibility index (Phi) is 4.17. The van der Waals surface area contributed by atoms with E-state index in [2.05, 4.69) is 36.8 Å². The number of halogens is 1.